The summed E-state index contributed by atoms with van der Waals surface area (Å²) in [5.74, 6) is 0.311. The van der Waals surface area contributed by atoms with E-state index in [1.165, 1.54) is 10.7 Å². The van der Waals surface area contributed by atoms with Crippen LogP contribution in [-0.4, -0.2) is 20.5 Å². The van der Waals surface area contributed by atoms with E-state index in [2.05, 4.69) is 15.4 Å². The van der Waals surface area contributed by atoms with Gasteiger partial charge in [-0.25, -0.2) is 9.50 Å². The van der Waals surface area contributed by atoms with Crippen LogP contribution in [0, 0.1) is 6.92 Å². The lowest BCUT2D eigenvalue weighted by atomic mass is 9.95. The lowest BCUT2D eigenvalue weighted by Crippen LogP contribution is -2.09. The van der Waals surface area contributed by atoms with Gasteiger partial charge in [0.15, 0.2) is 11.5 Å². The fourth-order valence-corrected chi connectivity index (χ4v) is 3.34. The quantitative estimate of drug-likeness (QED) is 0.757. The summed E-state index contributed by atoms with van der Waals surface area (Å²) < 4.78 is 42.4. The molecule has 1 aromatic carbocycles. The summed E-state index contributed by atoms with van der Waals surface area (Å²) in [6.45, 7) is 3.61. The number of carbonyl (C=O) groups is 1. The summed E-state index contributed by atoms with van der Waals surface area (Å²) in [4.78, 5) is 16.0. The molecule has 5 nitrogen and oxygen atoms in total. The summed E-state index contributed by atoms with van der Waals surface area (Å²) >= 11 is 0. The van der Waals surface area contributed by atoms with E-state index < -0.39 is 11.7 Å². The first kappa shape index (κ1) is 16.6. The second-order valence-electron chi connectivity index (χ2n) is 6.30. The molecule has 2 aromatic heterocycles. The second kappa shape index (κ2) is 5.55. The van der Waals surface area contributed by atoms with E-state index in [1.807, 2.05) is 6.92 Å². The fraction of sp³-hybridized carbons (Fsp3) is 0.278. The highest BCUT2D eigenvalue weighted by Crippen LogP contribution is 2.41. The molecule has 26 heavy (non-hydrogen) atoms. The topological polar surface area (TPSA) is 59.3 Å². The molecule has 134 valence electrons. The molecule has 0 aliphatic carbocycles. The van der Waals surface area contributed by atoms with Crippen molar-refractivity contribution in [2.24, 2.45) is 0 Å². The van der Waals surface area contributed by atoms with Gasteiger partial charge in [-0.3, -0.25) is 4.79 Å². The molecule has 0 radical (unpaired) electrons. The molecule has 3 aromatic rings. The molecule has 4 rings (SSSR count). The number of aryl methyl sites for hydroxylation is 2. The number of hydrogen-bond donors (Lipinski definition) is 1. The van der Waals surface area contributed by atoms with Gasteiger partial charge in [-0.2, -0.15) is 18.3 Å². The van der Waals surface area contributed by atoms with Gasteiger partial charge in [-0.05, 0) is 41.8 Å². The summed E-state index contributed by atoms with van der Waals surface area (Å²) in [5, 5.41) is 6.96. The SMILES string of the molecule is CCc1nc2c(-c3cc(C)c4c(c3)CC(=O)N4)c(C(F)(F)F)ccn2n1. The minimum absolute atomic E-state index is 0.0163. The second-order valence-corrected chi connectivity index (χ2v) is 6.30. The zero-order valence-corrected chi connectivity index (χ0v) is 14.1. The largest absolute Gasteiger partial charge is 0.417 e. The minimum Gasteiger partial charge on any atom is -0.325 e. The van der Waals surface area contributed by atoms with E-state index >= 15 is 0 Å². The van der Waals surface area contributed by atoms with Gasteiger partial charge in [0.25, 0.3) is 0 Å². The predicted octanol–water partition coefficient (Wildman–Crippen LogP) is 3.78. The average Bonchev–Trinajstić information content (AvgIpc) is 3.15. The van der Waals surface area contributed by atoms with Crippen LogP contribution in [0.2, 0.25) is 0 Å². The van der Waals surface area contributed by atoms with Crippen molar-refractivity contribution in [3.05, 3.63) is 46.9 Å². The predicted molar refractivity (Wildman–Crippen MR) is 89.9 cm³/mol. The number of nitrogens with one attached hydrogen (secondary N) is 1. The fourth-order valence-electron chi connectivity index (χ4n) is 3.34. The van der Waals surface area contributed by atoms with Crippen LogP contribution in [0.3, 0.4) is 0 Å². The van der Waals surface area contributed by atoms with Gasteiger partial charge in [0.2, 0.25) is 5.91 Å². The van der Waals surface area contributed by atoms with Crippen molar-refractivity contribution in [3.8, 4) is 11.1 Å². The van der Waals surface area contributed by atoms with E-state index in [9.17, 15) is 18.0 Å². The number of fused-ring (bicyclic) bond motifs is 2. The molecule has 1 N–H and O–H groups in total. The highest BCUT2D eigenvalue weighted by molar-refractivity contribution is 6.01. The molecule has 0 fully saturated rings. The van der Waals surface area contributed by atoms with E-state index in [0.717, 1.165) is 6.07 Å². The zero-order valence-electron chi connectivity index (χ0n) is 14.1. The number of aromatic nitrogens is 3. The standard InChI is InChI=1S/C18H15F3N4O/c1-3-13-22-17-15(12(18(19,20)21)4-5-25(17)24-13)10-6-9(2)16-11(7-10)8-14(26)23-16/h4-7H,3,8H2,1-2H3,(H,23,26). The molecular weight excluding hydrogens is 345 g/mol. The summed E-state index contributed by atoms with van der Waals surface area (Å²) in [7, 11) is 0. The average molecular weight is 360 g/mol. The number of hydrogen-bond acceptors (Lipinski definition) is 3. The Morgan fingerprint density at radius 3 is 2.77 bits per heavy atom. The number of benzene rings is 1. The van der Waals surface area contributed by atoms with E-state index in [-0.39, 0.29) is 23.5 Å². The minimum atomic E-state index is -4.53. The number of nitrogens with zero attached hydrogens (tertiary/aromatic N) is 3. The van der Waals surface area contributed by atoms with Crippen LogP contribution in [-0.2, 0) is 23.8 Å². The normalized spacial score (nSPS) is 14.0. The highest BCUT2D eigenvalue weighted by atomic mass is 19.4. The Balaban J connectivity index is 2.04. The number of halogens is 3. The van der Waals surface area contributed by atoms with Gasteiger partial charge < -0.3 is 5.32 Å². The first-order valence-electron chi connectivity index (χ1n) is 8.17. The Kier molecular flexibility index (Phi) is 3.54. The zero-order chi connectivity index (χ0) is 18.6. The maximum atomic E-state index is 13.7. The highest BCUT2D eigenvalue weighted by Gasteiger charge is 2.36. The number of carbonyl (C=O) groups excluding carboxylic acids is 1. The lowest BCUT2D eigenvalue weighted by molar-refractivity contribution is -0.137. The van der Waals surface area contributed by atoms with Crippen molar-refractivity contribution < 1.29 is 18.0 Å². The Morgan fingerprint density at radius 1 is 1.31 bits per heavy atom. The van der Waals surface area contributed by atoms with Crippen molar-refractivity contribution in [1.29, 1.82) is 0 Å². The maximum Gasteiger partial charge on any atom is 0.417 e. The van der Waals surface area contributed by atoms with Gasteiger partial charge in [-0.15, -0.1) is 0 Å². The molecule has 8 heteroatoms. The third kappa shape index (κ3) is 2.53. The van der Waals surface area contributed by atoms with Gasteiger partial charge >= 0.3 is 6.18 Å². The summed E-state index contributed by atoms with van der Waals surface area (Å²) in [5.41, 5.74) is 1.84. The van der Waals surface area contributed by atoms with Gasteiger partial charge in [0.05, 0.1) is 12.0 Å². The molecule has 0 atom stereocenters. The summed E-state index contributed by atoms with van der Waals surface area (Å²) in [6.07, 6.45) is -2.58. The molecule has 0 saturated heterocycles. The van der Waals surface area contributed by atoms with Crippen LogP contribution in [0.25, 0.3) is 16.8 Å². The Hall–Kier alpha value is -2.90. The number of pyridine rings is 1. The van der Waals surface area contributed by atoms with Crippen LogP contribution in [0.5, 0.6) is 0 Å². The van der Waals surface area contributed by atoms with Crippen LogP contribution in [0.4, 0.5) is 18.9 Å². The van der Waals surface area contributed by atoms with Gasteiger partial charge in [0.1, 0.15) is 0 Å². The Bertz CT molecular complexity index is 1050. The summed E-state index contributed by atoms with van der Waals surface area (Å²) in [6, 6.07) is 4.29. The smallest absolute Gasteiger partial charge is 0.325 e. The molecule has 0 saturated carbocycles. The van der Waals surface area contributed by atoms with E-state index in [4.69, 9.17) is 0 Å². The molecule has 1 amide bonds. The number of alkyl halides is 3. The number of anilines is 1. The number of amides is 1. The first-order valence-corrected chi connectivity index (χ1v) is 8.17. The van der Waals surface area contributed by atoms with Crippen LogP contribution in [0.1, 0.15) is 29.4 Å². The van der Waals surface area contributed by atoms with Crippen molar-refractivity contribution in [3.63, 3.8) is 0 Å². The van der Waals surface area contributed by atoms with Crippen molar-refractivity contribution in [2.75, 3.05) is 5.32 Å². The molecule has 1 aliphatic rings. The molecule has 3 heterocycles. The third-order valence-corrected chi connectivity index (χ3v) is 4.49. The van der Waals surface area contributed by atoms with Crippen LogP contribution < -0.4 is 5.32 Å². The van der Waals surface area contributed by atoms with Crippen LogP contribution >= 0.6 is 0 Å². The Labute approximate surface area is 146 Å². The van der Waals surface area contributed by atoms with Crippen molar-refractivity contribution in [1.82, 2.24) is 14.6 Å². The van der Waals surface area contributed by atoms with Crippen molar-refractivity contribution in [2.45, 2.75) is 32.9 Å². The molecule has 0 unspecified atom stereocenters. The maximum absolute atomic E-state index is 13.7. The van der Waals surface area contributed by atoms with Gasteiger partial charge in [0, 0.05) is 23.9 Å². The van der Waals surface area contributed by atoms with Crippen LogP contribution in [0.15, 0.2) is 24.4 Å². The lowest BCUT2D eigenvalue weighted by Gasteiger charge is -2.15. The van der Waals surface area contributed by atoms with E-state index in [0.29, 0.717) is 34.6 Å². The number of rotatable bonds is 2. The molecular formula is C18H15F3N4O. The van der Waals surface area contributed by atoms with Crippen molar-refractivity contribution >= 4 is 17.2 Å². The Morgan fingerprint density at radius 2 is 2.08 bits per heavy atom. The monoisotopic (exact) mass is 360 g/mol. The molecule has 0 bridgehead atoms. The third-order valence-electron chi connectivity index (χ3n) is 4.49. The molecule has 1 aliphatic heterocycles. The van der Waals surface area contributed by atoms with Gasteiger partial charge in [-0.1, -0.05) is 6.92 Å². The van der Waals surface area contributed by atoms with E-state index in [1.54, 1.807) is 19.1 Å². The molecule has 0 spiro atoms. The first-order chi connectivity index (χ1) is 12.3.